The zero-order chi connectivity index (χ0) is 10.6. The van der Waals surface area contributed by atoms with Crippen LogP contribution >= 0.6 is 0 Å². The molecule has 1 aromatic rings. The largest absolute Gasteiger partial charge is 0.398 e. The van der Waals surface area contributed by atoms with Gasteiger partial charge in [-0.1, -0.05) is 5.92 Å². The van der Waals surface area contributed by atoms with Gasteiger partial charge in [0.25, 0.3) is 5.91 Å². The first-order valence-corrected chi connectivity index (χ1v) is 4.23. The van der Waals surface area contributed by atoms with Gasteiger partial charge in [0.2, 0.25) is 0 Å². The Kier molecular flexibility index (Phi) is 3.14. The summed E-state index contributed by atoms with van der Waals surface area (Å²) in [6.45, 7) is 1.74. The molecule has 1 amide bonds. The quantitative estimate of drug-likeness (QED) is 0.510. The molecule has 0 aliphatic carbocycles. The number of nitrogens with one attached hydrogen (secondary N) is 1. The van der Waals surface area contributed by atoms with Crippen molar-refractivity contribution in [1.82, 2.24) is 5.32 Å². The summed E-state index contributed by atoms with van der Waals surface area (Å²) in [4.78, 5) is 11.2. The lowest BCUT2D eigenvalue weighted by molar-refractivity contribution is 0.0963. The fraction of sp³-hybridized carbons (Fsp3) is 0.182. The van der Waals surface area contributed by atoms with E-state index in [0.717, 1.165) is 5.56 Å². The van der Waals surface area contributed by atoms with Crippen molar-refractivity contribution in [3.05, 3.63) is 29.3 Å². The number of hydrogen-bond donors (Lipinski definition) is 2. The smallest absolute Gasteiger partial charge is 0.251 e. The summed E-state index contributed by atoms with van der Waals surface area (Å²) in [6, 6.07) is 5.07. The van der Waals surface area contributed by atoms with Gasteiger partial charge in [-0.05, 0) is 25.1 Å². The van der Waals surface area contributed by atoms with E-state index in [2.05, 4.69) is 17.2 Å². The van der Waals surface area contributed by atoms with Crippen molar-refractivity contribution in [2.75, 3.05) is 12.8 Å². The number of benzene rings is 1. The molecule has 0 heterocycles. The summed E-state index contributed by atoms with van der Waals surface area (Å²) in [5.41, 5.74) is 7.54. The van der Waals surface area contributed by atoms with Gasteiger partial charge >= 0.3 is 0 Å². The van der Waals surface area contributed by atoms with Crippen molar-refractivity contribution in [2.24, 2.45) is 0 Å². The molecule has 1 rings (SSSR count). The normalized spacial score (nSPS) is 8.71. The van der Waals surface area contributed by atoms with Crippen LogP contribution in [-0.4, -0.2) is 13.0 Å². The van der Waals surface area contributed by atoms with Crippen molar-refractivity contribution in [3.8, 4) is 11.8 Å². The van der Waals surface area contributed by atoms with Crippen LogP contribution in [-0.2, 0) is 0 Å². The Hall–Kier alpha value is -1.95. The second-order valence-electron chi connectivity index (χ2n) is 2.76. The molecule has 0 saturated heterocycles. The van der Waals surface area contributed by atoms with E-state index in [9.17, 15) is 4.79 Å². The summed E-state index contributed by atoms with van der Waals surface area (Å²) in [5.74, 6) is 5.46. The van der Waals surface area contributed by atoms with Crippen LogP contribution in [0.5, 0.6) is 0 Å². The molecule has 3 nitrogen and oxygen atoms in total. The maximum Gasteiger partial charge on any atom is 0.251 e. The van der Waals surface area contributed by atoms with E-state index in [0.29, 0.717) is 11.3 Å². The van der Waals surface area contributed by atoms with Crippen LogP contribution in [0.1, 0.15) is 22.8 Å². The molecule has 0 radical (unpaired) electrons. The fourth-order valence-electron chi connectivity index (χ4n) is 1.10. The van der Waals surface area contributed by atoms with Gasteiger partial charge in [-0.25, -0.2) is 0 Å². The Labute approximate surface area is 83.3 Å². The molecule has 0 aliphatic heterocycles. The number of nitrogen functional groups attached to an aromatic ring is 1. The van der Waals surface area contributed by atoms with E-state index in [1.165, 1.54) is 0 Å². The molecule has 0 fully saturated rings. The average molecular weight is 188 g/mol. The monoisotopic (exact) mass is 188 g/mol. The highest BCUT2D eigenvalue weighted by molar-refractivity contribution is 5.95. The minimum atomic E-state index is -0.146. The summed E-state index contributed by atoms with van der Waals surface area (Å²) < 4.78 is 0. The van der Waals surface area contributed by atoms with E-state index in [1.54, 1.807) is 32.2 Å². The Morgan fingerprint density at radius 2 is 2.21 bits per heavy atom. The third-order valence-electron chi connectivity index (χ3n) is 1.80. The summed E-state index contributed by atoms with van der Waals surface area (Å²) in [6.07, 6.45) is 0. The molecule has 0 bridgehead atoms. The zero-order valence-corrected chi connectivity index (χ0v) is 8.22. The molecular weight excluding hydrogens is 176 g/mol. The third kappa shape index (κ3) is 2.05. The number of hydrogen-bond acceptors (Lipinski definition) is 2. The lowest BCUT2D eigenvalue weighted by atomic mass is 10.1. The molecule has 0 aromatic heterocycles. The number of carbonyl (C=O) groups excluding carboxylic acids is 1. The van der Waals surface area contributed by atoms with Gasteiger partial charge in [-0.3, -0.25) is 4.79 Å². The van der Waals surface area contributed by atoms with Crippen LogP contribution in [0.15, 0.2) is 18.2 Å². The number of amides is 1. The second kappa shape index (κ2) is 4.33. The first kappa shape index (κ1) is 10.1. The van der Waals surface area contributed by atoms with Gasteiger partial charge in [0, 0.05) is 23.9 Å². The molecule has 1 aromatic carbocycles. The predicted octanol–water partition coefficient (Wildman–Crippen LogP) is 1.000. The van der Waals surface area contributed by atoms with Gasteiger partial charge in [0.15, 0.2) is 0 Å². The first-order chi connectivity index (χ1) is 6.69. The molecule has 0 saturated carbocycles. The van der Waals surface area contributed by atoms with E-state index in [1.807, 2.05) is 0 Å². The molecule has 0 aliphatic rings. The molecule has 3 N–H and O–H groups in total. The van der Waals surface area contributed by atoms with Crippen molar-refractivity contribution in [1.29, 1.82) is 0 Å². The minimum absolute atomic E-state index is 0.146. The van der Waals surface area contributed by atoms with Crippen LogP contribution in [0.2, 0.25) is 0 Å². The van der Waals surface area contributed by atoms with Crippen LogP contribution < -0.4 is 11.1 Å². The Bertz CT molecular complexity index is 413. The number of carbonyl (C=O) groups is 1. The molecule has 3 heteroatoms. The fourth-order valence-corrected chi connectivity index (χ4v) is 1.10. The summed E-state index contributed by atoms with van der Waals surface area (Å²) >= 11 is 0. The Balaban J connectivity index is 3.10. The highest BCUT2D eigenvalue weighted by Gasteiger charge is 2.04. The standard InChI is InChI=1S/C11H12N2O/c1-3-4-8-5-6-9(7-10(8)12)11(14)13-2/h5-7H,12H2,1-2H3,(H,13,14). The van der Waals surface area contributed by atoms with E-state index < -0.39 is 0 Å². The van der Waals surface area contributed by atoms with E-state index >= 15 is 0 Å². The minimum Gasteiger partial charge on any atom is -0.398 e. The van der Waals surface area contributed by atoms with Gasteiger partial charge in [-0.2, -0.15) is 0 Å². The van der Waals surface area contributed by atoms with Crippen LogP contribution in [0.4, 0.5) is 5.69 Å². The lowest BCUT2D eigenvalue weighted by Gasteiger charge is -2.02. The Morgan fingerprint density at radius 1 is 1.50 bits per heavy atom. The molecular formula is C11H12N2O. The topological polar surface area (TPSA) is 55.1 Å². The molecule has 0 atom stereocenters. The van der Waals surface area contributed by atoms with Gasteiger partial charge < -0.3 is 11.1 Å². The van der Waals surface area contributed by atoms with Crippen molar-refractivity contribution in [2.45, 2.75) is 6.92 Å². The molecule has 14 heavy (non-hydrogen) atoms. The van der Waals surface area contributed by atoms with Crippen molar-refractivity contribution < 1.29 is 4.79 Å². The first-order valence-electron chi connectivity index (χ1n) is 4.23. The number of anilines is 1. The van der Waals surface area contributed by atoms with Crippen molar-refractivity contribution in [3.63, 3.8) is 0 Å². The maximum atomic E-state index is 11.2. The number of rotatable bonds is 1. The van der Waals surface area contributed by atoms with Crippen molar-refractivity contribution >= 4 is 11.6 Å². The molecule has 0 spiro atoms. The van der Waals surface area contributed by atoms with Gasteiger partial charge in [-0.15, -0.1) is 5.92 Å². The maximum absolute atomic E-state index is 11.2. The predicted molar refractivity (Wildman–Crippen MR) is 56.8 cm³/mol. The van der Waals surface area contributed by atoms with Crippen LogP contribution in [0, 0.1) is 11.8 Å². The highest BCUT2D eigenvalue weighted by Crippen LogP contribution is 2.12. The second-order valence-corrected chi connectivity index (χ2v) is 2.76. The van der Waals surface area contributed by atoms with Gasteiger partial charge in [0.1, 0.15) is 0 Å². The Morgan fingerprint density at radius 3 is 2.71 bits per heavy atom. The third-order valence-corrected chi connectivity index (χ3v) is 1.80. The summed E-state index contributed by atoms with van der Waals surface area (Å²) in [5, 5.41) is 2.53. The van der Waals surface area contributed by atoms with E-state index in [-0.39, 0.29) is 5.91 Å². The van der Waals surface area contributed by atoms with Gasteiger partial charge in [0.05, 0.1) is 0 Å². The lowest BCUT2D eigenvalue weighted by Crippen LogP contribution is -2.17. The zero-order valence-electron chi connectivity index (χ0n) is 8.22. The van der Waals surface area contributed by atoms with E-state index in [4.69, 9.17) is 5.73 Å². The SMILES string of the molecule is CC#Cc1ccc(C(=O)NC)cc1N. The summed E-state index contributed by atoms with van der Waals surface area (Å²) in [7, 11) is 1.58. The average Bonchev–Trinajstić information content (AvgIpc) is 2.20. The molecule has 0 unspecified atom stereocenters. The highest BCUT2D eigenvalue weighted by atomic mass is 16.1. The molecule has 72 valence electrons. The van der Waals surface area contributed by atoms with Crippen LogP contribution in [0.3, 0.4) is 0 Å². The number of nitrogens with two attached hydrogens (primary N) is 1. The van der Waals surface area contributed by atoms with Crippen LogP contribution in [0.25, 0.3) is 0 Å².